The minimum Gasteiger partial charge on any atom is -0.485 e. The number of anilines is 1. The fraction of sp³-hybridized carbons (Fsp3) is 0.533. The van der Waals surface area contributed by atoms with Gasteiger partial charge in [-0.05, 0) is 26.3 Å². The second-order valence-electron chi connectivity index (χ2n) is 5.78. The summed E-state index contributed by atoms with van der Waals surface area (Å²) in [5.74, 6) is -0.304. The quantitative estimate of drug-likeness (QED) is 0.505. The van der Waals surface area contributed by atoms with Gasteiger partial charge in [-0.3, -0.25) is 15.4 Å². The molecular weight excluding hydrogens is 362 g/mol. The zero-order valence-corrected chi connectivity index (χ0v) is 14.7. The van der Waals surface area contributed by atoms with E-state index in [2.05, 4.69) is 5.32 Å². The van der Waals surface area contributed by atoms with Crippen LogP contribution in [0, 0.1) is 10.1 Å². The van der Waals surface area contributed by atoms with E-state index in [4.69, 9.17) is 21.1 Å². The molecule has 0 atom stereocenters. The first-order valence-electron chi connectivity index (χ1n) is 7.44. The van der Waals surface area contributed by atoms with Gasteiger partial charge in [-0.15, -0.1) is 0 Å². The molecule has 0 aliphatic carbocycles. The van der Waals surface area contributed by atoms with Gasteiger partial charge in [0, 0.05) is 0 Å². The van der Waals surface area contributed by atoms with Crippen molar-refractivity contribution in [1.29, 1.82) is 0 Å². The van der Waals surface area contributed by atoms with Crippen LogP contribution in [0.1, 0.15) is 33.6 Å². The standard InChI is InChI=1S/C15H19ClF2N2O5/c1-4-5-15(2,3)25-14(21)19-10-6-9(16)11(20(22)23)7-12(10)24-8-13(17)18/h6-7,13H,4-5,8H2,1-3H3,(H,19,21). The first-order chi connectivity index (χ1) is 11.6. The number of carbonyl (C=O) groups excluding carboxylic acids is 1. The molecule has 140 valence electrons. The third kappa shape index (κ3) is 6.69. The van der Waals surface area contributed by atoms with Gasteiger partial charge < -0.3 is 9.47 Å². The molecule has 0 saturated carbocycles. The van der Waals surface area contributed by atoms with Crippen LogP contribution in [0.25, 0.3) is 0 Å². The van der Waals surface area contributed by atoms with E-state index in [-0.39, 0.29) is 16.5 Å². The molecule has 0 bridgehead atoms. The summed E-state index contributed by atoms with van der Waals surface area (Å²) < 4.78 is 34.8. The van der Waals surface area contributed by atoms with Gasteiger partial charge in [-0.1, -0.05) is 24.9 Å². The van der Waals surface area contributed by atoms with Crippen LogP contribution < -0.4 is 10.1 Å². The maximum Gasteiger partial charge on any atom is 0.412 e. The topological polar surface area (TPSA) is 90.7 Å². The Hall–Kier alpha value is -2.16. The van der Waals surface area contributed by atoms with Crippen LogP contribution in [0.2, 0.25) is 5.02 Å². The molecule has 1 amide bonds. The first kappa shape index (κ1) is 20.9. The predicted molar refractivity (Wildman–Crippen MR) is 88.7 cm³/mol. The lowest BCUT2D eigenvalue weighted by molar-refractivity contribution is -0.384. The molecule has 10 heteroatoms. The largest absolute Gasteiger partial charge is 0.485 e. The van der Waals surface area contributed by atoms with E-state index < -0.39 is 35.3 Å². The van der Waals surface area contributed by atoms with Gasteiger partial charge in [0.25, 0.3) is 12.1 Å². The number of nitrogens with one attached hydrogen (secondary N) is 1. The number of nitrogens with zero attached hydrogens (tertiary/aromatic N) is 1. The molecule has 0 radical (unpaired) electrons. The second-order valence-corrected chi connectivity index (χ2v) is 6.19. The normalized spacial score (nSPS) is 11.3. The molecular formula is C15H19ClF2N2O5. The molecule has 0 spiro atoms. The Bertz CT molecular complexity index is 641. The van der Waals surface area contributed by atoms with Crippen molar-refractivity contribution in [3.8, 4) is 5.75 Å². The van der Waals surface area contributed by atoms with Crippen molar-refractivity contribution in [2.45, 2.75) is 45.6 Å². The second kappa shape index (κ2) is 8.80. The minimum atomic E-state index is -2.79. The molecule has 0 fully saturated rings. The summed E-state index contributed by atoms with van der Waals surface area (Å²) >= 11 is 5.79. The van der Waals surface area contributed by atoms with Crippen LogP contribution in [0.4, 0.5) is 25.0 Å². The molecule has 25 heavy (non-hydrogen) atoms. The number of hydrogen-bond donors (Lipinski definition) is 1. The number of alkyl halides is 2. The zero-order valence-electron chi connectivity index (χ0n) is 14.0. The Morgan fingerprint density at radius 3 is 2.60 bits per heavy atom. The molecule has 1 aromatic rings. The Morgan fingerprint density at radius 1 is 1.44 bits per heavy atom. The summed E-state index contributed by atoms with van der Waals surface area (Å²) in [7, 11) is 0. The van der Waals surface area contributed by atoms with Crippen molar-refractivity contribution in [1.82, 2.24) is 0 Å². The van der Waals surface area contributed by atoms with Crippen molar-refractivity contribution in [3.05, 3.63) is 27.3 Å². The Labute approximate surface area is 148 Å². The molecule has 1 N–H and O–H groups in total. The summed E-state index contributed by atoms with van der Waals surface area (Å²) in [5.41, 5.74) is -1.38. The number of nitro groups is 1. The van der Waals surface area contributed by atoms with Gasteiger partial charge in [0.1, 0.15) is 23.0 Å². The van der Waals surface area contributed by atoms with Crippen LogP contribution in [-0.2, 0) is 4.74 Å². The van der Waals surface area contributed by atoms with Gasteiger partial charge in [-0.25, -0.2) is 13.6 Å². The fourth-order valence-corrected chi connectivity index (χ4v) is 2.32. The number of nitro benzene ring substituents is 1. The number of amides is 1. The zero-order chi connectivity index (χ0) is 19.2. The molecule has 1 aromatic carbocycles. The van der Waals surface area contributed by atoms with E-state index in [9.17, 15) is 23.7 Å². The van der Waals surface area contributed by atoms with Crippen LogP contribution in [0.3, 0.4) is 0 Å². The summed E-state index contributed by atoms with van der Waals surface area (Å²) in [6.07, 6.45) is -2.26. The molecule has 0 saturated heterocycles. The van der Waals surface area contributed by atoms with Crippen LogP contribution >= 0.6 is 11.6 Å². The monoisotopic (exact) mass is 380 g/mol. The molecule has 0 aliphatic heterocycles. The number of halogens is 3. The molecule has 0 aliphatic rings. The highest BCUT2D eigenvalue weighted by atomic mass is 35.5. The lowest BCUT2D eigenvalue weighted by atomic mass is 10.0. The summed E-state index contributed by atoms with van der Waals surface area (Å²) in [5, 5.41) is 12.9. The number of hydrogen-bond acceptors (Lipinski definition) is 5. The van der Waals surface area contributed by atoms with Crippen molar-refractivity contribution >= 4 is 29.1 Å². The smallest absolute Gasteiger partial charge is 0.412 e. The average molecular weight is 381 g/mol. The van der Waals surface area contributed by atoms with Gasteiger partial charge in [0.15, 0.2) is 0 Å². The molecule has 7 nitrogen and oxygen atoms in total. The predicted octanol–water partition coefficient (Wildman–Crippen LogP) is 5.02. The maximum atomic E-state index is 12.4. The first-order valence-corrected chi connectivity index (χ1v) is 7.82. The van der Waals surface area contributed by atoms with Crippen LogP contribution in [-0.4, -0.2) is 29.6 Å². The Morgan fingerprint density at radius 2 is 2.08 bits per heavy atom. The van der Waals surface area contributed by atoms with E-state index in [1.54, 1.807) is 13.8 Å². The number of rotatable bonds is 8. The van der Waals surface area contributed by atoms with Crippen molar-refractivity contribution in [3.63, 3.8) is 0 Å². The van der Waals surface area contributed by atoms with E-state index in [0.29, 0.717) is 6.42 Å². The Kier molecular flexibility index (Phi) is 7.35. The lowest BCUT2D eigenvalue weighted by Crippen LogP contribution is -2.30. The van der Waals surface area contributed by atoms with E-state index in [1.165, 1.54) is 0 Å². The van der Waals surface area contributed by atoms with E-state index in [0.717, 1.165) is 18.6 Å². The van der Waals surface area contributed by atoms with Crippen molar-refractivity contribution in [2.24, 2.45) is 0 Å². The third-order valence-electron chi connectivity index (χ3n) is 3.07. The number of benzene rings is 1. The molecule has 1 rings (SSSR count). The summed E-state index contributed by atoms with van der Waals surface area (Å²) in [6.45, 7) is 4.36. The highest BCUT2D eigenvalue weighted by Crippen LogP contribution is 2.36. The molecule has 0 unspecified atom stereocenters. The maximum absolute atomic E-state index is 12.4. The third-order valence-corrected chi connectivity index (χ3v) is 3.37. The molecule has 0 heterocycles. The summed E-state index contributed by atoms with van der Waals surface area (Å²) in [4.78, 5) is 22.1. The van der Waals surface area contributed by atoms with Gasteiger partial charge >= 0.3 is 6.09 Å². The highest BCUT2D eigenvalue weighted by Gasteiger charge is 2.24. The van der Waals surface area contributed by atoms with Crippen molar-refractivity contribution < 1.29 is 28.0 Å². The SMILES string of the molecule is CCCC(C)(C)OC(=O)Nc1cc(Cl)c([N+](=O)[O-])cc1OCC(F)F. The Balaban J connectivity index is 3.05. The van der Waals surface area contributed by atoms with Crippen LogP contribution in [0.15, 0.2) is 12.1 Å². The highest BCUT2D eigenvalue weighted by molar-refractivity contribution is 6.33. The number of ether oxygens (including phenoxy) is 2. The van der Waals surface area contributed by atoms with Crippen LogP contribution in [0.5, 0.6) is 5.75 Å². The van der Waals surface area contributed by atoms with Gasteiger partial charge in [0.2, 0.25) is 0 Å². The van der Waals surface area contributed by atoms with E-state index >= 15 is 0 Å². The molecule has 0 aromatic heterocycles. The van der Waals surface area contributed by atoms with Gasteiger partial charge in [-0.2, -0.15) is 0 Å². The van der Waals surface area contributed by atoms with Crippen molar-refractivity contribution in [2.75, 3.05) is 11.9 Å². The average Bonchev–Trinajstić information content (AvgIpc) is 2.44. The fourth-order valence-electron chi connectivity index (χ4n) is 2.09. The summed E-state index contributed by atoms with van der Waals surface area (Å²) in [6, 6.07) is 1.92. The van der Waals surface area contributed by atoms with E-state index in [1.807, 2.05) is 6.92 Å². The van der Waals surface area contributed by atoms with Gasteiger partial charge in [0.05, 0.1) is 16.7 Å². The number of carbonyl (C=O) groups is 1. The lowest BCUT2D eigenvalue weighted by Gasteiger charge is -2.24. The minimum absolute atomic E-state index is 0.103.